The molecule has 1 fully saturated rings. The molecule has 1 saturated heterocycles. The Morgan fingerprint density at radius 2 is 1.86 bits per heavy atom. The SMILES string of the molecule is Cc1cccc(NC(=O)CC(=O)N2CCC(F)(F)CC2)c1C. The normalized spacial score (nSPS) is 17.2. The van der Waals surface area contributed by atoms with Gasteiger partial charge in [0.15, 0.2) is 0 Å². The van der Waals surface area contributed by atoms with Crippen molar-refractivity contribution in [3.8, 4) is 0 Å². The minimum Gasteiger partial charge on any atom is -0.342 e. The standard InChI is InChI=1S/C16H20F2N2O2/c1-11-4-3-5-13(12(11)2)19-14(21)10-15(22)20-8-6-16(17,18)7-9-20/h3-5H,6-10H2,1-2H3,(H,19,21). The maximum Gasteiger partial charge on any atom is 0.251 e. The lowest BCUT2D eigenvalue weighted by atomic mass is 10.1. The Balaban J connectivity index is 1.89. The van der Waals surface area contributed by atoms with Crippen molar-refractivity contribution >= 4 is 17.5 Å². The number of likely N-dealkylation sites (tertiary alicyclic amines) is 1. The van der Waals surface area contributed by atoms with Crippen LogP contribution in [0.3, 0.4) is 0 Å². The molecule has 6 heteroatoms. The lowest BCUT2D eigenvalue weighted by molar-refractivity contribution is -0.139. The van der Waals surface area contributed by atoms with E-state index >= 15 is 0 Å². The highest BCUT2D eigenvalue weighted by Gasteiger charge is 2.35. The van der Waals surface area contributed by atoms with Crippen LogP contribution >= 0.6 is 0 Å². The van der Waals surface area contributed by atoms with E-state index in [1.165, 1.54) is 4.90 Å². The van der Waals surface area contributed by atoms with Crippen LogP contribution in [0.15, 0.2) is 18.2 Å². The summed E-state index contributed by atoms with van der Waals surface area (Å²) in [5.74, 6) is -3.52. The molecule has 4 nitrogen and oxygen atoms in total. The molecule has 0 atom stereocenters. The van der Waals surface area contributed by atoms with Crippen LogP contribution in [0.2, 0.25) is 0 Å². The van der Waals surface area contributed by atoms with E-state index in [0.717, 1.165) is 11.1 Å². The molecule has 0 saturated carbocycles. The lowest BCUT2D eigenvalue weighted by Gasteiger charge is -2.31. The third-order valence-electron chi connectivity index (χ3n) is 4.04. The first-order valence-corrected chi connectivity index (χ1v) is 7.30. The molecule has 0 radical (unpaired) electrons. The Bertz CT molecular complexity index is 578. The minimum absolute atomic E-state index is 0.00257. The van der Waals surface area contributed by atoms with Crippen LogP contribution in [-0.4, -0.2) is 35.7 Å². The summed E-state index contributed by atoms with van der Waals surface area (Å²) >= 11 is 0. The largest absolute Gasteiger partial charge is 0.342 e. The number of benzene rings is 1. The molecule has 0 unspecified atom stereocenters. The van der Waals surface area contributed by atoms with Gasteiger partial charge in [-0.25, -0.2) is 8.78 Å². The number of nitrogens with one attached hydrogen (secondary N) is 1. The summed E-state index contributed by atoms with van der Waals surface area (Å²) in [5.41, 5.74) is 2.66. The molecule has 1 heterocycles. The minimum atomic E-state index is -2.70. The van der Waals surface area contributed by atoms with E-state index in [9.17, 15) is 18.4 Å². The number of carbonyl (C=O) groups is 2. The van der Waals surface area contributed by atoms with Crippen LogP contribution in [0.4, 0.5) is 14.5 Å². The molecule has 1 aromatic carbocycles. The monoisotopic (exact) mass is 310 g/mol. The second-order valence-electron chi connectivity index (χ2n) is 5.71. The number of hydrogen-bond donors (Lipinski definition) is 1. The number of aryl methyl sites for hydroxylation is 1. The van der Waals surface area contributed by atoms with Crippen molar-refractivity contribution in [2.45, 2.75) is 39.0 Å². The fourth-order valence-electron chi connectivity index (χ4n) is 2.41. The molecule has 120 valence electrons. The Morgan fingerprint density at radius 1 is 1.23 bits per heavy atom. The summed E-state index contributed by atoms with van der Waals surface area (Å²) < 4.78 is 26.1. The van der Waals surface area contributed by atoms with Gasteiger partial charge in [-0.1, -0.05) is 12.1 Å². The summed E-state index contributed by atoms with van der Waals surface area (Å²) in [6.45, 7) is 3.83. The maximum absolute atomic E-state index is 13.1. The van der Waals surface area contributed by atoms with Gasteiger partial charge < -0.3 is 10.2 Å². The van der Waals surface area contributed by atoms with Crippen molar-refractivity contribution in [2.24, 2.45) is 0 Å². The summed E-state index contributed by atoms with van der Waals surface area (Å²) in [4.78, 5) is 25.3. The number of carbonyl (C=O) groups excluding carboxylic acids is 2. The van der Waals surface area contributed by atoms with Gasteiger partial charge in [-0.2, -0.15) is 0 Å². The van der Waals surface area contributed by atoms with E-state index in [0.29, 0.717) is 5.69 Å². The molecule has 2 amide bonds. The Morgan fingerprint density at radius 3 is 2.50 bits per heavy atom. The first-order valence-electron chi connectivity index (χ1n) is 7.30. The predicted octanol–water partition coefficient (Wildman–Crippen LogP) is 2.89. The number of piperidine rings is 1. The summed E-state index contributed by atoms with van der Waals surface area (Å²) in [6.07, 6.45) is -0.992. The zero-order valence-electron chi connectivity index (χ0n) is 12.8. The van der Waals surface area contributed by atoms with Gasteiger partial charge in [-0.3, -0.25) is 9.59 Å². The predicted molar refractivity (Wildman–Crippen MR) is 79.9 cm³/mol. The second kappa shape index (κ2) is 6.42. The average Bonchev–Trinajstić information content (AvgIpc) is 2.43. The topological polar surface area (TPSA) is 49.4 Å². The number of anilines is 1. The third kappa shape index (κ3) is 4.02. The summed E-state index contributed by atoms with van der Waals surface area (Å²) in [6, 6.07) is 5.53. The summed E-state index contributed by atoms with van der Waals surface area (Å²) in [5, 5.41) is 2.70. The molecular formula is C16H20F2N2O2. The summed E-state index contributed by atoms with van der Waals surface area (Å²) in [7, 11) is 0. The Labute approximate surface area is 128 Å². The van der Waals surface area contributed by atoms with Crippen molar-refractivity contribution < 1.29 is 18.4 Å². The van der Waals surface area contributed by atoms with Crippen LogP contribution in [-0.2, 0) is 9.59 Å². The zero-order valence-corrected chi connectivity index (χ0v) is 12.8. The second-order valence-corrected chi connectivity index (χ2v) is 5.71. The van der Waals surface area contributed by atoms with Crippen LogP contribution in [0, 0.1) is 13.8 Å². The fraction of sp³-hybridized carbons (Fsp3) is 0.500. The van der Waals surface area contributed by atoms with Gasteiger partial charge in [0.1, 0.15) is 6.42 Å². The number of alkyl halides is 2. The maximum atomic E-state index is 13.1. The van der Waals surface area contributed by atoms with E-state index < -0.39 is 17.7 Å². The number of nitrogens with zero attached hydrogens (tertiary/aromatic N) is 1. The van der Waals surface area contributed by atoms with Gasteiger partial charge in [-0.05, 0) is 31.0 Å². The van der Waals surface area contributed by atoms with Crippen molar-refractivity contribution in [1.29, 1.82) is 0 Å². The van der Waals surface area contributed by atoms with Gasteiger partial charge in [0, 0.05) is 31.6 Å². The van der Waals surface area contributed by atoms with Crippen molar-refractivity contribution in [3.63, 3.8) is 0 Å². The van der Waals surface area contributed by atoms with Gasteiger partial charge in [0.25, 0.3) is 5.92 Å². The van der Waals surface area contributed by atoms with Crippen LogP contribution < -0.4 is 5.32 Å². The molecule has 22 heavy (non-hydrogen) atoms. The molecule has 1 aromatic rings. The molecular weight excluding hydrogens is 290 g/mol. The molecule has 0 spiro atoms. The highest BCUT2D eigenvalue weighted by atomic mass is 19.3. The first-order chi connectivity index (χ1) is 10.3. The fourth-order valence-corrected chi connectivity index (χ4v) is 2.41. The average molecular weight is 310 g/mol. The molecule has 0 aliphatic carbocycles. The number of hydrogen-bond acceptors (Lipinski definition) is 2. The van der Waals surface area contributed by atoms with Gasteiger partial charge >= 0.3 is 0 Å². The van der Waals surface area contributed by atoms with E-state index in [1.54, 1.807) is 6.07 Å². The molecule has 1 N–H and O–H groups in total. The van der Waals surface area contributed by atoms with Gasteiger partial charge in [-0.15, -0.1) is 0 Å². The first kappa shape index (κ1) is 16.4. The lowest BCUT2D eigenvalue weighted by Crippen LogP contribution is -2.43. The third-order valence-corrected chi connectivity index (χ3v) is 4.04. The molecule has 1 aliphatic rings. The molecule has 0 bridgehead atoms. The van der Waals surface area contributed by atoms with Crippen LogP contribution in [0.5, 0.6) is 0 Å². The highest BCUT2D eigenvalue weighted by molar-refractivity contribution is 6.03. The Hall–Kier alpha value is -1.98. The van der Waals surface area contributed by atoms with Gasteiger partial charge in [0.2, 0.25) is 11.8 Å². The molecule has 2 rings (SSSR count). The van der Waals surface area contributed by atoms with Crippen molar-refractivity contribution in [2.75, 3.05) is 18.4 Å². The van der Waals surface area contributed by atoms with Crippen LogP contribution in [0.25, 0.3) is 0 Å². The van der Waals surface area contributed by atoms with E-state index in [-0.39, 0.29) is 32.4 Å². The number of halogens is 2. The quantitative estimate of drug-likeness (QED) is 0.873. The Kier molecular flexibility index (Phi) is 4.78. The zero-order chi connectivity index (χ0) is 16.3. The molecule has 0 aromatic heterocycles. The highest BCUT2D eigenvalue weighted by Crippen LogP contribution is 2.28. The number of rotatable bonds is 3. The smallest absolute Gasteiger partial charge is 0.251 e. The van der Waals surface area contributed by atoms with Crippen molar-refractivity contribution in [1.82, 2.24) is 4.90 Å². The van der Waals surface area contributed by atoms with Crippen molar-refractivity contribution in [3.05, 3.63) is 29.3 Å². The van der Waals surface area contributed by atoms with E-state index in [2.05, 4.69) is 5.32 Å². The molecule has 1 aliphatic heterocycles. The van der Waals surface area contributed by atoms with E-state index in [1.807, 2.05) is 26.0 Å². The van der Waals surface area contributed by atoms with Gasteiger partial charge in [0.05, 0.1) is 0 Å². The van der Waals surface area contributed by atoms with E-state index in [4.69, 9.17) is 0 Å². The van der Waals surface area contributed by atoms with Crippen LogP contribution in [0.1, 0.15) is 30.4 Å². The number of amides is 2.